The molecule has 2 saturated heterocycles. The quantitative estimate of drug-likeness (QED) is 0.781. The van der Waals surface area contributed by atoms with E-state index in [1.54, 1.807) is 0 Å². The highest BCUT2D eigenvalue weighted by Gasteiger charge is 2.44. The van der Waals surface area contributed by atoms with Crippen molar-refractivity contribution in [2.75, 3.05) is 33.0 Å². The van der Waals surface area contributed by atoms with Crippen molar-refractivity contribution in [3.05, 3.63) is 35.4 Å². The summed E-state index contributed by atoms with van der Waals surface area (Å²) in [6.45, 7) is 9.88. The Morgan fingerprint density at radius 2 is 1.57 bits per heavy atom. The van der Waals surface area contributed by atoms with E-state index in [9.17, 15) is 9.59 Å². The Balaban J connectivity index is 0.00000136. The van der Waals surface area contributed by atoms with Gasteiger partial charge >= 0.3 is 5.97 Å². The lowest BCUT2D eigenvalue weighted by Crippen LogP contribution is -2.46. The molecule has 1 amide bonds. The zero-order chi connectivity index (χ0) is 20.6. The summed E-state index contributed by atoms with van der Waals surface area (Å²) in [5.41, 5.74) is 0.803. The van der Waals surface area contributed by atoms with Crippen LogP contribution < -0.4 is 5.32 Å². The molecule has 2 fully saturated rings. The molecule has 1 atom stereocenters. The summed E-state index contributed by atoms with van der Waals surface area (Å²) in [7, 11) is 0. The molecule has 2 heterocycles. The molecule has 156 valence electrons. The summed E-state index contributed by atoms with van der Waals surface area (Å²) in [5.74, 6) is -0.260. The largest absolute Gasteiger partial charge is 0.465 e. The monoisotopic (exact) mass is 391 g/mol. The van der Waals surface area contributed by atoms with Crippen LogP contribution in [0.2, 0.25) is 0 Å². The average molecular weight is 392 g/mol. The van der Waals surface area contributed by atoms with Crippen molar-refractivity contribution in [3.63, 3.8) is 0 Å². The minimum absolute atomic E-state index is 0.0769. The maximum absolute atomic E-state index is 12.7. The van der Waals surface area contributed by atoms with Crippen molar-refractivity contribution < 1.29 is 23.8 Å². The SMILES string of the molecule is CC.CCOC(=O)C1(c2ccc(C3(NC(C)=O)CCOC3)cc2)CCOCC1. The second-order valence-electron chi connectivity index (χ2n) is 7.06. The van der Waals surface area contributed by atoms with E-state index in [1.807, 2.05) is 45.0 Å². The van der Waals surface area contributed by atoms with E-state index in [0.717, 1.165) is 17.5 Å². The lowest BCUT2D eigenvalue weighted by atomic mass is 9.73. The molecule has 0 aromatic heterocycles. The third-order valence-corrected chi connectivity index (χ3v) is 5.44. The number of ether oxygens (including phenoxy) is 3. The van der Waals surface area contributed by atoms with Gasteiger partial charge in [-0.05, 0) is 30.9 Å². The van der Waals surface area contributed by atoms with Gasteiger partial charge < -0.3 is 19.5 Å². The number of hydrogen-bond donors (Lipinski definition) is 1. The second-order valence-corrected chi connectivity index (χ2v) is 7.06. The van der Waals surface area contributed by atoms with E-state index in [2.05, 4.69) is 5.32 Å². The molecule has 0 saturated carbocycles. The topological polar surface area (TPSA) is 73.9 Å². The van der Waals surface area contributed by atoms with E-state index >= 15 is 0 Å². The standard InChI is InChI=1S/C20H27NO5.C2H6/c1-3-26-18(23)19(8-11-24-12-9-19)16-4-6-17(7-5-16)20(21-15(2)22)10-13-25-14-20;1-2/h4-7H,3,8-14H2,1-2H3,(H,21,22);1-2H3. The summed E-state index contributed by atoms with van der Waals surface area (Å²) in [5, 5.41) is 3.05. The number of benzene rings is 1. The third kappa shape index (κ3) is 4.55. The fraction of sp³-hybridized carbons (Fsp3) is 0.636. The summed E-state index contributed by atoms with van der Waals surface area (Å²) < 4.78 is 16.4. The molecule has 2 aliphatic rings. The molecule has 3 rings (SSSR count). The first kappa shape index (κ1) is 22.4. The van der Waals surface area contributed by atoms with Crippen molar-refractivity contribution in [3.8, 4) is 0 Å². The van der Waals surface area contributed by atoms with Gasteiger partial charge in [0.1, 0.15) is 0 Å². The lowest BCUT2D eigenvalue weighted by Gasteiger charge is -2.36. The van der Waals surface area contributed by atoms with Crippen LogP contribution in [-0.2, 0) is 34.8 Å². The molecule has 1 aromatic carbocycles. The molecular formula is C22H33NO5. The second kappa shape index (κ2) is 10.0. The smallest absolute Gasteiger partial charge is 0.316 e. The predicted octanol–water partition coefficient (Wildman–Crippen LogP) is 3.08. The van der Waals surface area contributed by atoms with Gasteiger partial charge in [0.2, 0.25) is 5.91 Å². The summed E-state index contributed by atoms with van der Waals surface area (Å²) in [4.78, 5) is 24.4. The highest BCUT2D eigenvalue weighted by Crippen LogP contribution is 2.38. The first-order valence-corrected chi connectivity index (χ1v) is 10.2. The van der Waals surface area contributed by atoms with E-state index in [-0.39, 0.29) is 11.9 Å². The van der Waals surface area contributed by atoms with Gasteiger partial charge in [-0.2, -0.15) is 0 Å². The number of amides is 1. The molecule has 1 N–H and O–H groups in total. The number of carbonyl (C=O) groups excluding carboxylic acids is 2. The lowest BCUT2D eigenvalue weighted by molar-refractivity contribution is -0.154. The number of hydrogen-bond acceptors (Lipinski definition) is 5. The maximum Gasteiger partial charge on any atom is 0.316 e. The van der Waals surface area contributed by atoms with Crippen LogP contribution in [0.25, 0.3) is 0 Å². The zero-order valence-electron chi connectivity index (χ0n) is 17.5. The summed E-state index contributed by atoms with van der Waals surface area (Å²) >= 11 is 0. The molecule has 28 heavy (non-hydrogen) atoms. The molecule has 0 bridgehead atoms. The zero-order valence-corrected chi connectivity index (χ0v) is 17.5. The van der Waals surface area contributed by atoms with Crippen LogP contribution in [0.1, 0.15) is 58.1 Å². The Kier molecular flexibility index (Phi) is 8.01. The minimum Gasteiger partial charge on any atom is -0.465 e. The van der Waals surface area contributed by atoms with Crippen molar-refractivity contribution >= 4 is 11.9 Å². The molecule has 1 aromatic rings. The highest BCUT2D eigenvalue weighted by molar-refractivity contribution is 5.83. The van der Waals surface area contributed by atoms with Crippen LogP contribution in [0.15, 0.2) is 24.3 Å². The fourth-order valence-electron chi connectivity index (χ4n) is 4.01. The Morgan fingerprint density at radius 3 is 2.07 bits per heavy atom. The number of esters is 1. The van der Waals surface area contributed by atoms with Crippen molar-refractivity contribution in [1.82, 2.24) is 5.32 Å². The van der Waals surface area contributed by atoms with Gasteiger partial charge in [0.05, 0.1) is 24.2 Å². The van der Waals surface area contributed by atoms with Crippen LogP contribution >= 0.6 is 0 Å². The average Bonchev–Trinajstić information content (AvgIpc) is 3.19. The van der Waals surface area contributed by atoms with E-state index in [0.29, 0.717) is 45.9 Å². The van der Waals surface area contributed by atoms with Gasteiger partial charge in [0.25, 0.3) is 0 Å². The number of nitrogens with one attached hydrogen (secondary N) is 1. The van der Waals surface area contributed by atoms with Crippen LogP contribution in [-0.4, -0.2) is 44.9 Å². The molecule has 0 aliphatic carbocycles. The predicted molar refractivity (Wildman–Crippen MR) is 107 cm³/mol. The van der Waals surface area contributed by atoms with Crippen LogP contribution in [0.4, 0.5) is 0 Å². The van der Waals surface area contributed by atoms with Crippen LogP contribution in [0, 0.1) is 0 Å². The van der Waals surface area contributed by atoms with Crippen molar-refractivity contribution in [2.45, 2.75) is 57.9 Å². The summed E-state index contributed by atoms with van der Waals surface area (Å²) in [6.07, 6.45) is 1.97. The third-order valence-electron chi connectivity index (χ3n) is 5.44. The van der Waals surface area contributed by atoms with Crippen LogP contribution in [0.3, 0.4) is 0 Å². The Morgan fingerprint density at radius 1 is 1.00 bits per heavy atom. The minimum atomic E-state index is -0.653. The molecule has 0 spiro atoms. The molecule has 2 aliphatic heterocycles. The maximum atomic E-state index is 12.7. The van der Waals surface area contributed by atoms with Gasteiger partial charge in [-0.25, -0.2) is 0 Å². The molecule has 1 unspecified atom stereocenters. The van der Waals surface area contributed by atoms with Gasteiger partial charge in [-0.1, -0.05) is 38.1 Å². The highest BCUT2D eigenvalue weighted by atomic mass is 16.5. The van der Waals surface area contributed by atoms with E-state index in [1.165, 1.54) is 6.92 Å². The molecule has 0 radical (unpaired) electrons. The van der Waals surface area contributed by atoms with Gasteiger partial charge in [-0.15, -0.1) is 0 Å². The number of rotatable bonds is 5. The Hall–Kier alpha value is -1.92. The van der Waals surface area contributed by atoms with Gasteiger partial charge in [-0.3, -0.25) is 9.59 Å². The first-order chi connectivity index (χ1) is 13.5. The molecule has 6 heteroatoms. The first-order valence-electron chi connectivity index (χ1n) is 10.2. The fourth-order valence-corrected chi connectivity index (χ4v) is 4.01. The number of carbonyl (C=O) groups is 2. The van der Waals surface area contributed by atoms with Crippen molar-refractivity contribution in [2.24, 2.45) is 0 Å². The Labute approximate surface area is 167 Å². The van der Waals surface area contributed by atoms with E-state index < -0.39 is 11.0 Å². The van der Waals surface area contributed by atoms with Gasteiger partial charge in [0, 0.05) is 33.2 Å². The van der Waals surface area contributed by atoms with E-state index in [4.69, 9.17) is 14.2 Å². The van der Waals surface area contributed by atoms with Gasteiger partial charge in [0.15, 0.2) is 0 Å². The normalized spacial score (nSPS) is 23.3. The summed E-state index contributed by atoms with van der Waals surface area (Å²) in [6, 6.07) is 7.96. The Bertz CT molecular complexity index is 643. The van der Waals surface area contributed by atoms with Crippen molar-refractivity contribution in [1.29, 1.82) is 0 Å². The molecular weight excluding hydrogens is 358 g/mol. The van der Waals surface area contributed by atoms with Crippen LogP contribution in [0.5, 0.6) is 0 Å². The molecule has 6 nitrogen and oxygen atoms in total.